The Morgan fingerprint density at radius 2 is 1.25 bits per heavy atom. The minimum Gasteiger partial charge on any atom is -0.508 e. The van der Waals surface area contributed by atoms with Gasteiger partial charge in [0.2, 0.25) is 5.95 Å². The molecular formula is C47H32N4O. The predicted molar refractivity (Wildman–Crippen MR) is 210 cm³/mol. The Morgan fingerprint density at radius 3 is 1.96 bits per heavy atom. The maximum absolute atomic E-state index is 11.7. The third-order valence-electron chi connectivity index (χ3n) is 10.1. The lowest BCUT2D eigenvalue weighted by atomic mass is 9.69. The van der Waals surface area contributed by atoms with E-state index in [9.17, 15) is 5.11 Å². The quantitative estimate of drug-likeness (QED) is 0.136. The molecule has 0 amide bonds. The van der Waals surface area contributed by atoms with Crippen LogP contribution in [-0.2, 0) is 5.41 Å². The maximum Gasteiger partial charge on any atom is 0.238 e. The van der Waals surface area contributed by atoms with E-state index in [0.29, 0.717) is 24.0 Å². The Balaban J connectivity index is 1.44. The highest BCUT2D eigenvalue weighted by molar-refractivity contribution is 6.13. The average molecular weight is 669 g/mol. The van der Waals surface area contributed by atoms with E-state index in [-0.39, 0.29) is 5.75 Å². The van der Waals surface area contributed by atoms with Crippen LogP contribution in [0, 0.1) is 12.3 Å². The Kier molecular flexibility index (Phi) is 7.56. The highest BCUT2D eigenvalue weighted by Crippen LogP contribution is 2.59. The van der Waals surface area contributed by atoms with Crippen LogP contribution >= 0.6 is 0 Å². The van der Waals surface area contributed by atoms with Crippen molar-refractivity contribution in [3.63, 3.8) is 0 Å². The average Bonchev–Trinajstić information content (AvgIpc) is 3.69. The van der Waals surface area contributed by atoms with E-state index in [1.807, 2.05) is 91.0 Å². The van der Waals surface area contributed by atoms with E-state index in [4.69, 9.17) is 21.4 Å². The standard InChI is InChI=1S/C47H32N4O/c1-2-3-4-5-18-31-47(39-26-15-17-28-41(39)52)38-25-14-12-23-34(38)36-29-30-37-35-24-13-16-27-40(35)51(43(37)42(36)47)46-49-44(32-19-8-6-9-20-32)48-45(50-46)33-21-10-7-11-22-33/h1,3-30,52H,31H2/b4-3-,18-5-. The summed E-state index contributed by atoms with van der Waals surface area (Å²) in [5.41, 5.74) is 8.22. The molecule has 1 aliphatic carbocycles. The van der Waals surface area contributed by atoms with Crippen molar-refractivity contribution in [2.24, 2.45) is 0 Å². The van der Waals surface area contributed by atoms with Crippen LogP contribution in [0.4, 0.5) is 0 Å². The molecule has 1 N–H and O–H groups in total. The lowest BCUT2D eigenvalue weighted by molar-refractivity contribution is 0.454. The molecule has 0 radical (unpaired) electrons. The van der Waals surface area contributed by atoms with Crippen LogP contribution in [0.15, 0.2) is 170 Å². The number of para-hydroxylation sites is 2. The van der Waals surface area contributed by atoms with Crippen molar-refractivity contribution >= 4 is 21.8 Å². The third-order valence-corrected chi connectivity index (χ3v) is 10.1. The summed E-state index contributed by atoms with van der Waals surface area (Å²) in [7, 11) is 0. The monoisotopic (exact) mass is 668 g/mol. The summed E-state index contributed by atoms with van der Waals surface area (Å²) in [6.45, 7) is 0. The van der Waals surface area contributed by atoms with Gasteiger partial charge in [0.15, 0.2) is 11.6 Å². The zero-order chi connectivity index (χ0) is 35.1. The van der Waals surface area contributed by atoms with E-state index < -0.39 is 5.41 Å². The van der Waals surface area contributed by atoms with Crippen LogP contribution in [0.2, 0.25) is 0 Å². The molecule has 1 aliphatic rings. The minimum absolute atomic E-state index is 0.232. The van der Waals surface area contributed by atoms with Gasteiger partial charge in [-0.15, -0.1) is 6.42 Å². The number of rotatable bonds is 7. The van der Waals surface area contributed by atoms with Crippen molar-refractivity contribution in [3.8, 4) is 57.9 Å². The molecule has 5 heteroatoms. The second-order valence-corrected chi connectivity index (χ2v) is 12.9. The van der Waals surface area contributed by atoms with Gasteiger partial charge in [-0.05, 0) is 41.3 Å². The molecule has 1 atom stereocenters. The molecule has 8 aromatic rings. The second-order valence-electron chi connectivity index (χ2n) is 12.9. The Hall–Kier alpha value is -7.03. The van der Waals surface area contributed by atoms with Crippen LogP contribution in [-0.4, -0.2) is 24.6 Å². The summed E-state index contributed by atoms with van der Waals surface area (Å²) in [6.07, 6.45) is 13.8. The van der Waals surface area contributed by atoms with Crippen molar-refractivity contribution in [2.75, 3.05) is 0 Å². The number of benzene rings is 6. The third kappa shape index (κ3) is 4.85. The van der Waals surface area contributed by atoms with Gasteiger partial charge in [-0.25, -0.2) is 4.98 Å². The fourth-order valence-electron chi connectivity index (χ4n) is 7.91. The van der Waals surface area contributed by atoms with E-state index in [0.717, 1.165) is 60.8 Å². The van der Waals surface area contributed by atoms with Gasteiger partial charge in [0.05, 0.1) is 16.4 Å². The Labute approximate surface area is 301 Å². The summed E-state index contributed by atoms with van der Waals surface area (Å²) in [6, 6.07) is 49.2. The molecule has 9 rings (SSSR count). The molecule has 0 fully saturated rings. The van der Waals surface area contributed by atoms with Crippen LogP contribution in [0.1, 0.15) is 23.1 Å². The molecule has 0 spiro atoms. The first kappa shape index (κ1) is 31.0. The van der Waals surface area contributed by atoms with Crippen molar-refractivity contribution in [2.45, 2.75) is 11.8 Å². The van der Waals surface area contributed by atoms with Gasteiger partial charge in [-0.1, -0.05) is 158 Å². The maximum atomic E-state index is 11.7. The molecule has 6 aromatic carbocycles. The van der Waals surface area contributed by atoms with Crippen molar-refractivity contribution in [3.05, 3.63) is 187 Å². The zero-order valence-electron chi connectivity index (χ0n) is 28.2. The number of phenols is 1. The number of allylic oxidation sites excluding steroid dienone is 4. The molecule has 0 saturated heterocycles. The van der Waals surface area contributed by atoms with Crippen molar-refractivity contribution in [1.82, 2.24) is 19.5 Å². The largest absolute Gasteiger partial charge is 0.508 e. The second kappa shape index (κ2) is 12.7. The number of aromatic hydroxyl groups is 1. The summed E-state index contributed by atoms with van der Waals surface area (Å²) >= 11 is 0. The number of phenolic OH excluding ortho intramolecular Hbond substituents is 1. The number of hydrogen-bond donors (Lipinski definition) is 1. The fourth-order valence-corrected chi connectivity index (χ4v) is 7.91. The van der Waals surface area contributed by atoms with Gasteiger partial charge in [0.25, 0.3) is 0 Å². The summed E-state index contributed by atoms with van der Waals surface area (Å²) < 4.78 is 2.20. The first-order valence-electron chi connectivity index (χ1n) is 17.3. The van der Waals surface area contributed by atoms with Gasteiger partial charge in [0, 0.05) is 33.0 Å². The van der Waals surface area contributed by atoms with Crippen molar-refractivity contribution < 1.29 is 5.11 Å². The first-order valence-corrected chi connectivity index (χ1v) is 17.3. The molecule has 52 heavy (non-hydrogen) atoms. The number of aromatic nitrogens is 4. The van der Waals surface area contributed by atoms with Crippen LogP contribution < -0.4 is 0 Å². The lowest BCUT2D eigenvalue weighted by Gasteiger charge is -2.33. The van der Waals surface area contributed by atoms with Gasteiger partial charge in [-0.3, -0.25) is 4.57 Å². The van der Waals surface area contributed by atoms with Crippen molar-refractivity contribution in [1.29, 1.82) is 0 Å². The number of terminal acetylenes is 1. The fraction of sp³-hybridized carbons (Fsp3) is 0.0426. The normalized spacial score (nSPS) is 15.0. The van der Waals surface area contributed by atoms with E-state index in [2.05, 4.69) is 77.2 Å². The van der Waals surface area contributed by atoms with Gasteiger partial charge >= 0.3 is 0 Å². The summed E-state index contributed by atoms with van der Waals surface area (Å²) in [4.78, 5) is 15.5. The molecule has 5 nitrogen and oxygen atoms in total. The van der Waals surface area contributed by atoms with E-state index >= 15 is 0 Å². The van der Waals surface area contributed by atoms with Gasteiger partial charge < -0.3 is 5.11 Å². The topological polar surface area (TPSA) is 63.8 Å². The SMILES string of the molecule is C#C/C=C\C=C/CC1(c2ccccc2O)c2ccccc2-c2ccc3c4ccccc4n(-c4nc(-c5ccccc5)nc(-c5ccccc5)n4)c3c21. The van der Waals surface area contributed by atoms with E-state index in [1.165, 1.54) is 0 Å². The minimum atomic E-state index is -0.777. The first-order chi connectivity index (χ1) is 25.7. The Morgan fingerprint density at radius 1 is 0.615 bits per heavy atom. The summed E-state index contributed by atoms with van der Waals surface area (Å²) in [5.74, 6) is 4.50. The predicted octanol–water partition coefficient (Wildman–Crippen LogP) is 10.5. The van der Waals surface area contributed by atoms with Gasteiger partial charge in [0.1, 0.15) is 5.75 Å². The smallest absolute Gasteiger partial charge is 0.238 e. The molecule has 0 aliphatic heterocycles. The molecule has 1 unspecified atom stereocenters. The van der Waals surface area contributed by atoms with Crippen LogP contribution in [0.3, 0.4) is 0 Å². The Bertz CT molecular complexity index is 2680. The van der Waals surface area contributed by atoms with Gasteiger partial charge in [-0.2, -0.15) is 9.97 Å². The molecule has 0 saturated carbocycles. The highest BCUT2D eigenvalue weighted by Gasteiger charge is 2.47. The van der Waals surface area contributed by atoms with Crippen LogP contribution in [0.5, 0.6) is 5.75 Å². The lowest BCUT2D eigenvalue weighted by Crippen LogP contribution is -2.27. The molecule has 0 bridgehead atoms. The molecule has 2 heterocycles. The number of hydrogen-bond acceptors (Lipinski definition) is 4. The number of nitrogens with zero attached hydrogens (tertiary/aromatic N) is 4. The highest BCUT2D eigenvalue weighted by atomic mass is 16.3. The molecule has 2 aromatic heterocycles. The van der Waals surface area contributed by atoms with Crippen LogP contribution in [0.25, 0.3) is 61.7 Å². The number of fused-ring (bicyclic) bond motifs is 7. The zero-order valence-corrected chi connectivity index (χ0v) is 28.2. The molecular weight excluding hydrogens is 637 g/mol. The molecule has 246 valence electrons. The summed E-state index contributed by atoms with van der Waals surface area (Å²) in [5, 5.41) is 13.9. The van der Waals surface area contributed by atoms with E-state index in [1.54, 1.807) is 12.1 Å².